The van der Waals surface area contributed by atoms with E-state index in [0.717, 1.165) is 43.4 Å². The van der Waals surface area contributed by atoms with Gasteiger partial charge < -0.3 is 9.64 Å². The zero-order valence-corrected chi connectivity index (χ0v) is 14.9. The smallest absolute Gasteiger partial charge is 0.225 e. The van der Waals surface area contributed by atoms with Crippen molar-refractivity contribution in [3.8, 4) is 0 Å². The van der Waals surface area contributed by atoms with Crippen LogP contribution in [0, 0.1) is 5.92 Å². The van der Waals surface area contributed by atoms with E-state index in [1.165, 1.54) is 6.42 Å². The summed E-state index contributed by atoms with van der Waals surface area (Å²) >= 11 is 0. The molecule has 132 valence electrons. The van der Waals surface area contributed by atoms with Gasteiger partial charge in [0.25, 0.3) is 0 Å². The first-order valence-electron chi connectivity index (χ1n) is 8.97. The molecule has 0 spiro atoms. The molecule has 6 heteroatoms. The van der Waals surface area contributed by atoms with Crippen molar-refractivity contribution in [3.05, 3.63) is 48.0 Å². The van der Waals surface area contributed by atoms with E-state index < -0.39 is 0 Å². The molecule has 2 saturated heterocycles. The van der Waals surface area contributed by atoms with Crippen molar-refractivity contribution in [1.29, 1.82) is 0 Å². The van der Waals surface area contributed by atoms with E-state index >= 15 is 0 Å². The van der Waals surface area contributed by atoms with Crippen LogP contribution in [-0.2, 0) is 11.3 Å². The summed E-state index contributed by atoms with van der Waals surface area (Å²) in [6.45, 7) is 2.99. The van der Waals surface area contributed by atoms with E-state index in [4.69, 9.17) is 4.74 Å². The van der Waals surface area contributed by atoms with Crippen LogP contribution in [0.5, 0.6) is 0 Å². The third-order valence-electron chi connectivity index (χ3n) is 5.14. The fourth-order valence-corrected chi connectivity index (χ4v) is 3.81. The molecular weight excluding hydrogens is 314 g/mol. The lowest BCUT2D eigenvalue weighted by molar-refractivity contribution is -0.0109. The van der Waals surface area contributed by atoms with Gasteiger partial charge in [0.1, 0.15) is 6.10 Å². The number of ether oxygens (including phenoxy) is 1. The molecule has 2 aromatic rings. The van der Waals surface area contributed by atoms with Crippen molar-refractivity contribution >= 4 is 5.95 Å². The maximum absolute atomic E-state index is 6.38. The van der Waals surface area contributed by atoms with E-state index in [1.807, 2.05) is 43.5 Å². The molecule has 0 N–H and O–H groups in total. The summed E-state index contributed by atoms with van der Waals surface area (Å²) in [4.78, 5) is 17.8. The number of aromatic nitrogens is 3. The number of rotatable bonds is 4. The monoisotopic (exact) mass is 339 g/mol. The summed E-state index contributed by atoms with van der Waals surface area (Å²) in [5.41, 5.74) is 2.13. The molecule has 0 radical (unpaired) electrons. The first-order chi connectivity index (χ1) is 12.2. The first kappa shape index (κ1) is 16.4. The largest absolute Gasteiger partial charge is 0.367 e. The first-order valence-corrected chi connectivity index (χ1v) is 8.97. The Bertz CT molecular complexity index is 708. The van der Waals surface area contributed by atoms with E-state index in [2.05, 4.69) is 32.0 Å². The second-order valence-electron chi connectivity index (χ2n) is 7.18. The topological polar surface area (TPSA) is 54.4 Å². The molecule has 2 aliphatic rings. The Balaban J connectivity index is 1.41. The van der Waals surface area contributed by atoms with Crippen LogP contribution in [0.4, 0.5) is 5.95 Å². The molecule has 0 aliphatic carbocycles. The van der Waals surface area contributed by atoms with Crippen LogP contribution in [0.3, 0.4) is 0 Å². The normalized spacial score (nSPS) is 26.4. The Morgan fingerprint density at radius 1 is 1.20 bits per heavy atom. The standard InChI is InChI=1S/C19H25N5O/c1-23(2)19-21-9-6-16(22-19)17-11-14-7-10-24(13-18(14)25-17)12-15-5-3-4-8-20-15/h3-6,8-9,14,17-18H,7,10-13H2,1-2H3/t14-,17-,18+/m0/s1. The maximum Gasteiger partial charge on any atom is 0.225 e. The molecule has 3 atom stereocenters. The fraction of sp³-hybridized carbons (Fsp3) is 0.526. The van der Waals surface area contributed by atoms with E-state index in [1.54, 1.807) is 0 Å². The molecule has 2 aliphatic heterocycles. The Morgan fingerprint density at radius 3 is 2.92 bits per heavy atom. The van der Waals surface area contributed by atoms with Gasteiger partial charge in [-0.05, 0) is 43.5 Å². The predicted octanol–water partition coefficient (Wildman–Crippen LogP) is 2.29. The molecule has 4 rings (SSSR count). The lowest BCUT2D eigenvalue weighted by atomic mass is 9.91. The Hall–Kier alpha value is -2.05. The summed E-state index contributed by atoms with van der Waals surface area (Å²) in [5, 5.41) is 0. The van der Waals surface area contributed by atoms with Crippen LogP contribution in [0.25, 0.3) is 0 Å². The van der Waals surface area contributed by atoms with Crippen molar-refractivity contribution < 1.29 is 4.74 Å². The minimum Gasteiger partial charge on any atom is -0.367 e. The molecule has 25 heavy (non-hydrogen) atoms. The average molecular weight is 339 g/mol. The van der Waals surface area contributed by atoms with Crippen LogP contribution >= 0.6 is 0 Å². The zero-order valence-electron chi connectivity index (χ0n) is 14.9. The number of hydrogen-bond acceptors (Lipinski definition) is 6. The third-order valence-corrected chi connectivity index (χ3v) is 5.14. The molecule has 0 bridgehead atoms. The van der Waals surface area contributed by atoms with Gasteiger partial charge in [0.2, 0.25) is 5.95 Å². The van der Waals surface area contributed by atoms with E-state index in [9.17, 15) is 0 Å². The van der Waals surface area contributed by atoms with Gasteiger partial charge in [-0.2, -0.15) is 0 Å². The lowest BCUT2D eigenvalue weighted by Crippen LogP contribution is -2.41. The van der Waals surface area contributed by atoms with Gasteiger partial charge in [0.05, 0.1) is 17.5 Å². The molecule has 0 saturated carbocycles. The van der Waals surface area contributed by atoms with Crippen molar-refractivity contribution in [2.24, 2.45) is 5.92 Å². The Labute approximate surface area is 148 Å². The fourth-order valence-electron chi connectivity index (χ4n) is 3.81. The predicted molar refractivity (Wildman–Crippen MR) is 96.2 cm³/mol. The van der Waals surface area contributed by atoms with Gasteiger partial charge in [-0.3, -0.25) is 9.88 Å². The average Bonchev–Trinajstić information content (AvgIpc) is 3.06. The molecule has 2 aromatic heterocycles. The molecular formula is C19H25N5O. The van der Waals surface area contributed by atoms with E-state index in [0.29, 0.717) is 12.0 Å². The Morgan fingerprint density at radius 2 is 2.12 bits per heavy atom. The molecule has 0 aromatic carbocycles. The van der Waals surface area contributed by atoms with E-state index in [-0.39, 0.29) is 6.10 Å². The number of hydrogen-bond donors (Lipinski definition) is 0. The second kappa shape index (κ2) is 7.06. The lowest BCUT2D eigenvalue weighted by Gasteiger charge is -2.33. The number of anilines is 1. The van der Waals surface area contributed by atoms with Gasteiger partial charge in [0, 0.05) is 39.6 Å². The minimum atomic E-state index is 0.0894. The van der Waals surface area contributed by atoms with Crippen molar-refractivity contribution in [3.63, 3.8) is 0 Å². The number of likely N-dealkylation sites (tertiary alicyclic amines) is 1. The highest BCUT2D eigenvalue weighted by atomic mass is 16.5. The summed E-state index contributed by atoms with van der Waals surface area (Å²) < 4.78 is 6.38. The highest BCUT2D eigenvalue weighted by molar-refractivity contribution is 5.28. The molecule has 2 fully saturated rings. The molecule has 4 heterocycles. The molecule has 6 nitrogen and oxygen atoms in total. The summed E-state index contributed by atoms with van der Waals surface area (Å²) in [7, 11) is 3.92. The number of fused-ring (bicyclic) bond motifs is 1. The third kappa shape index (κ3) is 3.65. The summed E-state index contributed by atoms with van der Waals surface area (Å²) in [6, 6.07) is 8.09. The van der Waals surface area contributed by atoms with Crippen molar-refractivity contribution in [2.45, 2.75) is 31.6 Å². The van der Waals surface area contributed by atoms with Crippen LogP contribution in [0.1, 0.15) is 30.3 Å². The van der Waals surface area contributed by atoms with Gasteiger partial charge in [0.15, 0.2) is 0 Å². The quantitative estimate of drug-likeness (QED) is 0.852. The molecule has 0 unspecified atom stereocenters. The van der Waals surface area contributed by atoms with Crippen molar-refractivity contribution in [2.75, 3.05) is 32.1 Å². The van der Waals surface area contributed by atoms with Crippen LogP contribution < -0.4 is 4.90 Å². The molecule has 0 amide bonds. The van der Waals surface area contributed by atoms with Gasteiger partial charge in [-0.25, -0.2) is 9.97 Å². The highest BCUT2D eigenvalue weighted by Crippen LogP contribution is 2.40. The zero-order chi connectivity index (χ0) is 17.2. The Kier molecular flexibility index (Phi) is 4.63. The minimum absolute atomic E-state index is 0.0894. The summed E-state index contributed by atoms with van der Waals surface area (Å²) in [5.74, 6) is 1.37. The second-order valence-corrected chi connectivity index (χ2v) is 7.18. The van der Waals surface area contributed by atoms with Crippen LogP contribution in [0.2, 0.25) is 0 Å². The van der Waals surface area contributed by atoms with Gasteiger partial charge >= 0.3 is 0 Å². The van der Waals surface area contributed by atoms with Crippen LogP contribution in [0.15, 0.2) is 36.7 Å². The number of nitrogens with zero attached hydrogens (tertiary/aromatic N) is 5. The highest BCUT2D eigenvalue weighted by Gasteiger charge is 2.40. The number of pyridine rings is 1. The number of piperidine rings is 1. The van der Waals surface area contributed by atoms with Crippen molar-refractivity contribution in [1.82, 2.24) is 19.9 Å². The van der Waals surface area contributed by atoms with Crippen LogP contribution in [-0.4, -0.2) is 53.1 Å². The van der Waals surface area contributed by atoms with Gasteiger partial charge in [-0.15, -0.1) is 0 Å². The maximum atomic E-state index is 6.38. The summed E-state index contributed by atoms with van der Waals surface area (Å²) in [6.07, 6.45) is 6.32. The SMILES string of the molecule is CN(C)c1nccc([C@@H]2C[C@@H]3CCN(Cc4ccccn4)C[C@H]3O2)n1. The van der Waals surface area contributed by atoms with Gasteiger partial charge in [-0.1, -0.05) is 6.07 Å².